The molecule has 1 rings (SSSR count). The standard InChI is InChI=1S/C13H14O6/c1-7(2)6-19-13(18)9-4-3-8(11(14)15)5-10(9)12(16)17/h3-5,7H,6H2,1-2H3,(H,14,15)(H,16,17). The molecule has 6 heteroatoms. The predicted octanol–water partition coefficient (Wildman–Crippen LogP) is 1.90. The van der Waals surface area contributed by atoms with Gasteiger partial charge in [-0.25, -0.2) is 14.4 Å². The zero-order valence-corrected chi connectivity index (χ0v) is 10.5. The van der Waals surface area contributed by atoms with Crippen LogP contribution in [0.1, 0.15) is 44.9 Å². The SMILES string of the molecule is CC(C)COC(=O)c1ccc(C(=O)O)cc1C(=O)O. The van der Waals surface area contributed by atoms with E-state index < -0.39 is 17.9 Å². The highest BCUT2D eigenvalue weighted by Gasteiger charge is 2.20. The molecule has 0 aliphatic rings. The quantitative estimate of drug-likeness (QED) is 0.789. The molecule has 0 saturated heterocycles. The van der Waals surface area contributed by atoms with Crippen molar-refractivity contribution in [3.8, 4) is 0 Å². The number of ether oxygens (including phenoxy) is 1. The first kappa shape index (κ1) is 14.7. The van der Waals surface area contributed by atoms with Gasteiger partial charge in [0.05, 0.1) is 23.3 Å². The molecule has 19 heavy (non-hydrogen) atoms. The highest BCUT2D eigenvalue weighted by atomic mass is 16.5. The second-order valence-corrected chi connectivity index (χ2v) is 4.36. The summed E-state index contributed by atoms with van der Waals surface area (Å²) in [5.74, 6) is -3.29. The zero-order chi connectivity index (χ0) is 14.6. The fourth-order valence-electron chi connectivity index (χ4n) is 1.35. The van der Waals surface area contributed by atoms with Crippen LogP contribution in [0, 0.1) is 5.92 Å². The van der Waals surface area contributed by atoms with Crippen LogP contribution in [-0.4, -0.2) is 34.7 Å². The maximum Gasteiger partial charge on any atom is 0.339 e. The number of carboxylic acid groups (broad SMARTS) is 2. The molecular weight excluding hydrogens is 252 g/mol. The van der Waals surface area contributed by atoms with Crippen LogP contribution < -0.4 is 0 Å². The summed E-state index contributed by atoms with van der Waals surface area (Å²) in [5.41, 5.74) is -0.732. The van der Waals surface area contributed by atoms with Gasteiger partial charge < -0.3 is 14.9 Å². The molecule has 0 saturated carbocycles. The molecule has 0 atom stereocenters. The first-order chi connectivity index (χ1) is 8.82. The van der Waals surface area contributed by atoms with Gasteiger partial charge in [-0.1, -0.05) is 13.8 Å². The van der Waals surface area contributed by atoms with E-state index in [0.717, 1.165) is 12.1 Å². The van der Waals surface area contributed by atoms with Gasteiger partial charge in [0, 0.05) is 0 Å². The van der Waals surface area contributed by atoms with Gasteiger partial charge >= 0.3 is 17.9 Å². The normalized spacial score (nSPS) is 10.3. The number of aromatic carboxylic acids is 2. The molecule has 1 aromatic carbocycles. The third-order valence-electron chi connectivity index (χ3n) is 2.26. The molecule has 0 amide bonds. The van der Waals surface area contributed by atoms with E-state index in [0.29, 0.717) is 0 Å². The number of rotatable bonds is 5. The zero-order valence-electron chi connectivity index (χ0n) is 10.5. The lowest BCUT2D eigenvalue weighted by Gasteiger charge is -2.09. The third kappa shape index (κ3) is 3.80. The minimum absolute atomic E-state index is 0.121. The number of benzene rings is 1. The summed E-state index contributed by atoms with van der Waals surface area (Å²) in [6.07, 6.45) is 0. The van der Waals surface area contributed by atoms with Crippen molar-refractivity contribution >= 4 is 17.9 Å². The molecule has 0 bridgehead atoms. The summed E-state index contributed by atoms with van der Waals surface area (Å²) in [6.45, 7) is 3.86. The smallest absolute Gasteiger partial charge is 0.339 e. The van der Waals surface area contributed by atoms with Crippen LogP contribution in [-0.2, 0) is 4.74 Å². The summed E-state index contributed by atoms with van der Waals surface area (Å²) in [5, 5.41) is 17.8. The highest BCUT2D eigenvalue weighted by molar-refractivity contribution is 6.04. The molecule has 0 unspecified atom stereocenters. The van der Waals surface area contributed by atoms with Crippen molar-refractivity contribution < 1.29 is 29.3 Å². The second-order valence-electron chi connectivity index (χ2n) is 4.36. The van der Waals surface area contributed by atoms with Crippen LogP contribution in [0.15, 0.2) is 18.2 Å². The summed E-state index contributed by atoms with van der Waals surface area (Å²) in [6, 6.07) is 3.26. The van der Waals surface area contributed by atoms with Gasteiger partial charge in [-0.3, -0.25) is 0 Å². The van der Waals surface area contributed by atoms with Gasteiger partial charge in [-0.15, -0.1) is 0 Å². The number of hydrogen-bond donors (Lipinski definition) is 2. The largest absolute Gasteiger partial charge is 0.478 e. The van der Waals surface area contributed by atoms with Gasteiger partial charge in [-0.2, -0.15) is 0 Å². The van der Waals surface area contributed by atoms with Gasteiger partial charge in [0.25, 0.3) is 0 Å². The Hall–Kier alpha value is -2.37. The first-order valence-corrected chi connectivity index (χ1v) is 5.60. The summed E-state index contributed by atoms with van der Waals surface area (Å²) in [4.78, 5) is 33.5. The van der Waals surface area contributed by atoms with Gasteiger partial charge in [-0.05, 0) is 24.1 Å². The average Bonchev–Trinajstić information content (AvgIpc) is 2.34. The molecule has 0 aliphatic carbocycles. The van der Waals surface area contributed by atoms with Crippen molar-refractivity contribution in [2.75, 3.05) is 6.61 Å². The third-order valence-corrected chi connectivity index (χ3v) is 2.26. The van der Waals surface area contributed by atoms with E-state index in [4.69, 9.17) is 14.9 Å². The Balaban J connectivity index is 3.09. The van der Waals surface area contributed by atoms with Gasteiger partial charge in [0.15, 0.2) is 0 Å². The van der Waals surface area contributed by atoms with E-state index in [1.54, 1.807) is 0 Å². The van der Waals surface area contributed by atoms with E-state index in [9.17, 15) is 14.4 Å². The van der Waals surface area contributed by atoms with Crippen molar-refractivity contribution in [1.29, 1.82) is 0 Å². The van der Waals surface area contributed by atoms with Crippen LogP contribution in [0.25, 0.3) is 0 Å². The minimum Gasteiger partial charge on any atom is -0.478 e. The Bertz CT molecular complexity index is 518. The van der Waals surface area contributed by atoms with Crippen LogP contribution in [0.3, 0.4) is 0 Å². The van der Waals surface area contributed by atoms with E-state index >= 15 is 0 Å². The van der Waals surface area contributed by atoms with Crippen LogP contribution in [0.5, 0.6) is 0 Å². The first-order valence-electron chi connectivity index (χ1n) is 5.60. The minimum atomic E-state index is -1.38. The molecule has 1 aromatic rings. The van der Waals surface area contributed by atoms with E-state index in [2.05, 4.69) is 0 Å². The molecular formula is C13H14O6. The van der Waals surface area contributed by atoms with Crippen LogP contribution in [0.2, 0.25) is 0 Å². The van der Waals surface area contributed by atoms with E-state index in [1.807, 2.05) is 13.8 Å². The topological polar surface area (TPSA) is 101 Å². The molecule has 0 heterocycles. The summed E-state index contributed by atoms with van der Waals surface area (Å²) < 4.78 is 4.93. The van der Waals surface area contributed by atoms with Crippen LogP contribution >= 0.6 is 0 Å². The highest BCUT2D eigenvalue weighted by Crippen LogP contribution is 2.14. The number of esters is 1. The molecule has 2 N–H and O–H groups in total. The maximum absolute atomic E-state index is 11.7. The van der Waals surface area contributed by atoms with Gasteiger partial charge in [0.2, 0.25) is 0 Å². The predicted molar refractivity (Wildman–Crippen MR) is 65.5 cm³/mol. The summed E-state index contributed by atoms with van der Waals surface area (Å²) in [7, 11) is 0. The molecule has 0 spiro atoms. The Labute approximate surface area is 109 Å². The fourth-order valence-corrected chi connectivity index (χ4v) is 1.35. The number of hydrogen-bond acceptors (Lipinski definition) is 4. The fraction of sp³-hybridized carbons (Fsp3) is 0.308. The molecule has 0 fully saturated rings. The average molecular weight is 266 g/mol. The molecule has 6 nitrogen and oxygen atoms in total. The van der Waals surface area contributed by atoms with Crippen LogP contribution in [0.4, 0.5) is 0 Å². The van der Waals surface area contributed by atoms with Crippen molar-refractivity contribution in [3.63, 3.8) is 0 Å². The van der Waals surface area contributed by atoms with E-state index in [1.165, 1.54) is 6.07 Å². The Morgan fingerprint density at radius 2 is 1.74 bits per heavy atom. The summed E-state index contributed by atoms with van der Waals surface area (Å²) >= 11 is 0. The molecule has 0 radical (unpaired) electrons. The van der Waals surface area contributed by atoms with Crippen molar-refractivity contribution in [1.82, 2.24) is 0 Å². The Morgan fingerprint density at radius 1 is 1.11 bits per heavy atom. The molecule has 0 aliphatic heterocycles. The maximum atomic E-state index is 11.7. The molecule has 0 aromatic heterocycles. The lowest BCUT2D eigenvalue weighted by atomic mass is 10.0. The Kier molecular flexibility index (Phi) is 4.63. The second kappa shape index (κ2) is 5.99. The van der Waals surface area contributed by atoms with Gasteiger partial charge in [0.1, 0.15) is 0 Å². The van der Waals surface area contributed by atoms with Crippen molar-refractivity contribution in [2.45, 2.75) is 13.8 Å². The monoisotopic (exact) mass is 266 g/mol. The number of carbonyl (C=O) groups is 3. The lowest BCUT2D eigenvalue weighted by molar-refractivity contribution is 0.0449. The van der Waals surface area contributed by atoms with E-state index in [-0.39, 0.29) is 29.2 Å². The number of carboxylic acids is 2. The van der Waals surface area contributed by atoms with Crippen molar-refractivity contribution in [2.24, 2.45) is 5.92 Å². The molecule has 102 valence electrons. The Morgan fingerprint density at radius 3 is 2.21 bits per heavy atom. The lowest BCUT2D eigenvalue weighted by Crippen LogP contribution is -2.15. The van der Waals surface area contributed by atoms with Crippen molar-refractivity contribution in [3.05, 3.63) is 34.9 Å². The number of carbonyl (C=O) groups excluding carboxylic acids is 1.